The fourth-order valence-corrected chi connectivity index (χ4v) is 10.1. The summed E-state index contributed by atoms with van der Waals surface area (Å²) in [6.45, 7) is 9.69. The van der Waals surface area contributed by atoms with Gasteiger partial charge in [0.15, 0.2) is 0 Å². The van der Waals surface area contributed by atoms with Crippen LogP contribution in [0.2, 0.25) is 0 Å². The second kappa shape index (κ2) is 12.4. The van der Waals surface area contributed by atoms with Crippen LogP contribution in [-0.2, 0) is 5.41 Å². The Kier molecular flexibility index (Phi) is 9.26. The van der Waals surface area contributed by atoms with Crippen LogP contribution in [-0.4, -0.2) is 39.1 Å². The highest BCUT2D eigenvalue weighted by Gasteiger charge is 2.50. The molecule has 0 amide bonds. The van der Waals surface area contributed by atoms with Crippen LogP contribution in [0.25, 0.3) is 10.2 Å². The van der Waals surface area contributed by atoms with Crippen molar-refractivity contribution in [2.75, 3.05) is 6.61 Å². The molecule has 2 unspecified atom stereocenters. The number of aliphatic hydroxyl groups is 3. The summed E-state index contributed by atoms with van der Waals surface area (Å²) in [6, 6.07) is 8.35. The van der Waals surface area contributed by atoms with Crippen LogP contribution in [0.1, 0.15) is 103 Å². The van der Waals surface area contributed by atoms with Gasteiger partial charge in [-0.2, -0.15) is 0 Å². The highest BCUT2D eigenvalue weighted by atomic mass is 32.1. The standard InChI is InChI=1S/C35H51NO3S/c1-23(2)35(22-37,33-36-31-11-5-6-12-32(31)40-33)18-7-9-24(3)29-15-16-30-26(10-8-17-34(29,30)4)14-13-25-19-27(38)21-28(39)20-25/h5-6,11-14,23-24,27-30,37-39H,7-10,15-22H2,1-4H3/b25-13?,26-14-/t24?,27-,28+,29-,30?,34-,35-/m1/s1. The fourth-order valence-electron chi connectivity index (χ4n) is 8.74. The second-order valence-corrected chi connectivity index (χ2v) is 15.0. The zero-order valence-electron chi connectivity index (χ0n) is 25.1. The molecule has 3 aliphatic rings. The lowest BCUT2D eigenvalue weighted by Crippen LogP contribution is -2.37. The summed E-state index contributed by atoms with van der Waals surface area (Å²) >= 11 is 1.76. The number of hydrogen-bond donors (Lipinski definition) is 3. The Morgan fingerprint density at radius 2 is 1.85 bits per heavy atom. The number of para-hydroxylation sites is 1. The lowest BCUT2D eigenvalue weighted by atomic mass is 9.60. The van der Waals surface area contributed by atoms with E-state index < -0.39 is 12.2 Å². The molecule has 7 atom stereocenters. The minimum atomic E-state index is -0.406. The maximum Gasteiger partial charge on any atom is 0.103 e. The van der Waals surface area contributed by atoms with Crippen molar-refractivity contribution in [3.8, 4) is 0 Å². The van der Waals surface area contributed by atoms with E-state index in [9.17, 15) is 15.3 Å². The Bertz CT molecular complexity index is 1170. The largest absolute Gasteiger partial charge is 0.395 e. The van der Waals surface area contributed by atoms with Crippen molar-refractivity contribution in [3.05, 3.63) is 52.6 Å². The molecule has 0 spiro atoms. The average Bonchev–Trinajstić information content (AvgIpc) is 3.50. The van der Waals surface area contributed by atoms with Crippen molar-refractivity contribution in [1.82, 2.24) is 4.98 Å². The number of nitrogens with zero attached hydrogens (tertiary/aromatic N) is 1. The Hall–Kier alpha value is -1.53. The Labute approximate surface area is 245 Å². The number of allylic oxidation sites excluding steroid dienone is 3. The summed E-state index contributed by atoms with van der Waals surface area (Å²) < 4.78 is 1.21. The van der Waals surface area contributed by atoms with E-state index in [1.807, 2.05) is 6.07 Å². The average molecular weight is 566 g/mol. The van der Waals surface area contributed by atoms with Crippen molar-refractivity contribution in [2.45, 2.75) is 116 Å². The van der Waals surface area contributed by atoms with Gasteiger partial charge < -0.3 is 15.3 Å². The zero-order valence-corrected chi connectivity index (χ0v) is 25.9. The molecule has 0 saturated heterocycles. The first-order chi connectivity index (χ1) is 19.2. The maximum atomic E-state index is 10.7. The lowest BCUT2D eigenvalue weighted by molar-refractivity contribution is 0.0609. The first-order valence-electron chi connectivity index (χ1n) is 15.9. The van der Waals surface area contributed by atoms with Crippen molar-refractivity contribution >= 4 is 21.6 Å². The van der Waals surface area contributed by atoms with Gasteiger partial charge in [0.05, 0.1) is 29.0 Å². The molecule has 2 aromatic rings. The van der Waals surface area contributed by atoms with Gasteiger partial charge in [-0.15, -0.1) is 11.3 Å². The third-order valence-corrected chi connectivity index (χ3v) is 12.4. The van der Waals surface area contributed by atoms with E-state index in [0.29, 0.717) is 42.4 Å². The van der Waals surface area contributed by atoms with Gasteiger partial charge in [0.1, 0.15) is 5.01 Å². The third kappa shape index (κ3) is 5.86. The molecule has 5 heteroatoms. The van der Waals surface area contributed by atoms with Gasteiger partial charge in [0.2, 0.25) is 0 Å². The quantitative estimate of drug-likeness (QED) is 0.288. The minimum absolute atomic E-state index is 0.153. The Morgan fingerprint density at radius 1 is 1.10 bits per heavy atom. The van der Waals surface area contributed by atoms with Crippen LogP contribution in [0.3, 0.4) is 0 Å². The fraction of sp³-hybridized carbons (Fsp3) is 0.686. The van der Waals surface area contributed by atoms with Crippen molar-refractivity contribution in [1.29, 1.82) is 0 Å². The first-order valence-corrected chi connectivity index (χ1v) is 16.7. The van der Waals surface area contributed by atoms with E-state index >= 15 is 0 Å². The molecular weight excluding hydrogens is 514 g/mol. The van der Waals surface area contributed by atoms with E-state index in [1.54, 1.807) is 16.9 Å². The van der Waals surface area contributed by atoms with Gasteiger partial charge in [-0.1, -0.05) is 76.0 Å². The lowest BCUT2D eigenvalue weighted by Gasteiger charge is -2.44. The van der Waals surface area contributed by atoms with Gasteiger partial charge in [0, 0.05) is 5.41 Å². The van der Waals surface area contributed by atoms with E-state index in [1.165, 1.54) is 48.8 Å². The van der Waals surface area contributed by atoms with Crippen LogP contribution in [0.15, 0.2) is 47.6 Å². The second-order valence-electron chi connectivity index (χ2n) is 13.9. The van der Waals surface area contributed by atoms with E-state index in [2.05, 4.69) is 58.0 Å². The number of fused-ring (bicyclic) bond motifs is 2. The normalized spacial score (nSPS) is 33.5. The third-order valence-electron chi connectivity index (χ3n) is 11.2. The molecule has 1 heterocycles. The summed E-state index contributed by atoms with van der Waals surface area (Å²) in [5, 5.41) is 32.0. The van der Waals surface area contributed by atoms with Crippen LogP contribution in [0.4, 0.5) is 0 Å². The number of aromatic nitrogens is 1. The summed E-state index contributed by atoms with van der Waals surface area (Å²) in [7, 11) is 0. The minimum Gasteiger partial charge on any atom is -0.395 e. The summed E-state index contributed by atoms with van der Waals surface area (Å²) in [5.74, 6) is 2.37. The SMILES string of the molecule is CC(CCC[C@](CO)(c1nc2ccccc2s1)C(C)C)[C@H]1CCC2/C(=C\C=C3C[C@@H](O)C[C@@H](O)C3)CCC[C@@]21C. The van der Waals surface area contributed by atoms with Crippen LogP contribution >= 0.6 is 11.3 Å². The monoisotopic (exact) mass is 565 g/mol. The van der Waals surface area contributed by atoms with E-state index in [0.717, 1.165) is 29.3 Å². The van der Waals surface area contributed by atoms with Crippen LogP contribution in [0.5, 0.6) is 0 Å². The van der Waals surface area contributed by atoms with Gasteiger partial charge in [-0.25, -0.2) is 4.98 Å². The molecule has 5 rings (SSSR count). The molecule has 4 nitrogen and oxygen atoms in total. The molecule has 40 heavy (non-hydrogen) atoms. The molecule has 1 aromatic heterocycles. The van der Waals surface area contributed by atoms with Gasteiger partial charge in [0.25, 0.3) is 0 Å². The molecule has 3 N–H and O–H groups in total. The molecule has 220 valence electrons. The molecule has 1 aromatic carbocycles. The summed E-state index contributed by atoms with van der Waals surface area (Å²) in [5.41, 5.74) is 3.92. The number of rotatable bonds is 9. The number of hydrogen-bond acceptors (Lipinski definition) is 5. The summed E-state index contributed by atoms with van der Waals surface area (Å²) in [4.78, 5) is 5.01. The molecule has 0 bridgehead atoms. The van der Waals surface area contributed by atoms with Crippen LogP contribution in [0, 0.1) is 29.1 Å². The molecule has 0 aliphatic heterocycles. The predicted octanol–water partition coefficient (Wildman–Crippen LogP) is 7.96. The van der Waals surface area contributed by atoms with E-state index in [-0.39, 0.29) is 12.0 Å². The zero-order chi connectivity index (χ0) is 28.5. The molecule has 3 fully saturated rings. The molecular formula is C35H51NO3S. The van der Waals surface area contributed by atoms with Crippen molar-refractivity contribution in [2.24, 2.45) is 29.1 Å². The smallest absolute Gasteiger partial charge is 0.103 e. The Balaban J connectivity index is 1.25. The van der Waals surface area contributed by atoms with Crippen LogP contribution < -0.4 is 0 Å². The highest BCUT2D eigenvalue weighted by Crippen LogP contribution is 2.60. The maximum absolute atomic E-state index is 10.7. The topological polar surface area (TPSA) is 73.6 Å². The summed E-state index contributed by atoms with van der Waals surface area (Å²) in [6.07, 6.45) is 15.3. The highest BCUT2D eigenvalue weighted by molar-refractivity contribution is 7.18. The van der Waals surface area contributed by atoms with Gasteiger partial charge in [-0.05, 0) is 99.0 Å². The number of aliphatic hydroxyl groups excluding tert-OH is 3. The molecule has 3 saturated carbocycles. The van der Waals surface area contributed by atoms with Gasteiger partial charge >= 0.3 is 0 Å². The van der Waals surface area contributed by atoms with Crippen molar-refractivity contribution in [3.63, 3.8) is 0 Å². The molecule has 3 aliphatic carbocycles. The van der Waals surface area contributed by atoms with Crippen molar-refractivity contribution < 1.29 is 15.3 Å². The Morgan fingerprint density at radius 3 is 2.55 bits per heavy atom. The number of benzene rings is 1. The van der Waals surface area contributed by atoms with Gasteiger partial charge in [-0.3, -0.25) is 0 Å². The predicted molar refractivity (Wildman–Crippen MR) is 166 cm³/mol. The van der Waals surface area contributed by atoms with E-state index in [4.69, 9.17) is 4.98 Å². The first kappa shape index (κ1) is 29.9. The molecule has 0 radical (unpaired) electrons. The number of thiazole rings is 1.